The van der Waals surface area contributed by atoms with E-state index in [1.807, 2.05) is 6.92 Å². The van der Waals surface area contributed by atoms with Gasteiger partial charge in [-0.1, -0.05) is 19.1 Å². The van der Waals surface area contributed by atoms with Crippen LogP contribution in [0.1, 0.15) is 33.1 Å². The van der Waals surface area contributed by atoms with E-state index in [2.05, 4.69) is 19.6 Å². The van der Waals surface area contributed by atoms with Crippen LogP contribution in [0.25, 0.3) is 17.3 Å². The number of hydrogen-bond acceptors (Lipinski definition) is 7. The predicted molar refractivity (Wildman–Crippen MR) is 124 cm³/mol. The van der Waals surface area contributed by atoms with Crippen LogP contribution >= 0.6 is 0 Å². The number of nitrogens with zero attached hydrogens (tertiary/aromatic N) is 6. The second-order valence-corrected chi connectivity index (χ2v) is 8.49. The molecule has 1 fully saturated rings. The molecule has 0 saturated carbocycles. The van der Waals surface area contributed by atoms with E-state index in [1.165, 1.54) is 24.4 Å². The Morgan fingerprint density at radius 2 is 2.06 bits per heavy atom. The number of nitrogens with one attached hydrogen (secondary N) is 2. The molecule has 2 aliphatic heterocycles. The first kappa shape index (κ1) is 22.8. The van der Waals surface area contributed by atoms with Crippen LogP contribution in [0.3, 0.4) is 0 Å². The number of rotatable bonds is 4. The van der Waals surface area contributed by atoms with Gasteiger partial charge in [0.2, 0.25) is 5.95 Å². The highest BCUT2D eigenvalue weighted by atomic mass is 19.4. The van der Waals surface area contributed by atoms with Crippen molar-refractivity contribution >= 4 is 23.2 Å². The fourth-order valence-corrected chi connectivity index (χ4v) is 4.99. The van der Waals surface area contributed by atoms with E-state index in [-0.39, 0.29) is 17.5 Å². The van der Waals surface area contributed by atoms with Crippen molar-refractivity contribution < 1.29 is 17.9 Å². The molecule has 4 heterocycles. The Morgan fingerprint density at radius 3 is 2.77 bits per heavy atom. The molecular weight excluding hydrogens is 461 g/mol. The van der Waals surface area contributed by atoms with Crippen LogP contribution in [0.2, 0.25) is 0 Å². The minimum atomic E-state index is -4.80. The molecule has 3 aromatic rings. The van der Waals surface area contributed by atoms with Crippen molar-refractivity contribution in [2.75, 3.05) is 16.3 Å². The van der Waals surface area contributed by atoms with Crippen LogP contribution in [0.4, 0.5) is 24.7 Å². The number of amidine groups is 2. The summed E-state index contributed by atoms with van der Waals surface area (Å²) in [5.74, 6) is 1.45. The van der Waals surface area contributed by atoms with Crippen LogP contribution in [0.5, 0.6) is 5.75 Å². The molecule has 2 aliphatic rings. The average Bonchev–Trinajstić information content (AvgIpc) is 3.46. The Hall–Kier alpha value is -3.96. The number of aromatic nitrogens is 4. The molecule has 182 valence electrons. The molecule has 5 rings (SSSR count). The van der Waals surface area contributed by atoms with Crippen molar-refractivity contribution in [2.24, 2.45) is 0 Å². The number of alkyl halides is 3. The van der Waals surface area contributed by atoms with Gasteiger partial charge in [0, 0.05) is 24.5 Å². The van der Waals surface area contributed by atoms with Gasteiger partial charge in [-0.15, -0.1) is 13.2 Å². The molecule has 2 N–H and O–H groups in total. The third-order valence-electron chi connectivity index (χ3n) is 6.49. The average molecular weight is 484 g/mol. The third-order valence-corrected chi connectivity index (χ3v) is 6.49. The number of benzene rings is 1. The lowest BCUT2D eigenvalue weighted by molar-refractivity contribution is -0.274. The zero-order chi connectivity index (χ0) is 25.0. The summed E-state index contributed by atoms with van der Waals surface area (Å²) >= 11 is 0. The maximum Gasteiger partial charge on any atom is 0.573 e. The smallest absolute Gasteiger partial charge is 0.406 e. The number of halogens is 3. The van der Waals surface area contributed by atoms with Gasteiger partial charge >= 0.3 is 6.36 Å². The summed E-state index contributed by atoms with van der Waals surface area (Å²) < 4.78 is 43.8. The van der Waals surface area contributed by atoms with E-state index in [0.29, 0.717) is 35.1 Å². The lowest BCUT2D eigenvalue weighted by Gasteiger charge is -2.48. The van der Waals surface area contributed by atoms with Gasteiger partial charge in [0.1, 0.15) is 28.9 Å². The number of fused-ring (bicyclic) bond motifs is 3. The van der Waals surface area contributed by atoms with Crippen LogP contribution in [-0.2, 0) is 0 Å². The Balaban J connectivity index is 1.60. The molecule has 0 aliphatic carbocycles. The molecule has 0 bridgehead atoms. The molecule has 0 radical (unpaired) electrons. The quantitative estimate of drug-likeness (QED) is 0.408. The zero-order valence-corrected chi connectivity index (χ0v) is 19.1. The van der Waals surface area contributed by atoms with Gasteiger partial charge in [-0.3, -0.25) is 20.3 Å². The number of hydrogen-bond donors (Lipinski definition) is 2. The Bertz CT molecular complexity index is 1320. The lowest BCUT2D eigenvalue weighted by Crippen LogP contribution is -2.61. The van der Waals surface area contributed by atoms with Gasteiger partial charge in [0.15, 0.2) is 5.82 Å². The first-order valence-electron chi connectivity index (χ1n) is 11.1. The van der Waals surface area contributed by atoms with E-state index in [4.69, 9.17) is 15.8 Å². The summed E-state index contributed by atoms with van der Waals surface area (Å²) in [6, 6.07) is 5.57. The van der Waals surface area contributed by atoms with Crippen molar-refractivity contribution in [3.8, 4) is 23.1 Å². The maximum atomic E-state index is 12.7. The third kappa shape index (κ3) is 3.69. The van der Waals surface area contributed by atoms with Gasteiger partial charge in [-0.2, -0.15) is 4.98 Å². The van der Waals surface area contributed by atoms with E-state index in [0.717, 1.165) is 19.4 Å². The van der Waals surface area contributed by atoms with Crippen molar-refractivity contribution in [3.05, 3.63) is 42.9 Å². The maximum absolute atomic E-state index is 12.7. The van der Waals surface area contributed by atoms with Crippen molar-refractivity contribution in [2.45, 2.75) is 45.0 Å². The number of ether oxygens (including phenoxy) is 1. The van der Waals surface area contributed by atoms with Crippen LogP contribution in [0.15, 0.2) is 42.9 Å². The standard InChI is InChI=1S/C23H23F3N8O/c1-3-22-8-5-10-33(22)19-17(34(14(2)27)20(22)28)13-30-21(31-19)32-11-9-29-18(32)15-6-4-7-16(12-15)35-23(24,25)26/h4,6-7,9,11-13,27-28H,3,5,8,10H2,1-2H3/t22-/m0/s1. The second-order valence-electron chi connectivity index (χ2n) is 8.49. The molecule has 12 heteroatoms. The van der Waals surface area contributed by atoms with Gasteiger partial charge in [0.25, 0.3) is 0 Å². The number of anilines is 2. The van der Waals surface area contributed by atoms with E-state index in [1.54, 1.807) is 34.9 Å². The molecule has 0 spiro atoms. The SMILES string of the molecule is CC[C@@]12CCCN1c1nc(-n3ccnc3-c3cccc(OC(F)(F)F)c3)ncc1N(C(C)=N)C2=N. The normalized spacial score (nSPS) is 19.5. The van der Waals surface area contributed by atoms with Gasteiger partial charge in [-0.05, 0) is 38.3 Å². The molecule has 0 unspecified atom stereocenters. The summed E-state index contributed by atoms with van der Waals surface area (Å²) in [4.78, 5) is 17.3. The summed E-state index contributed by atoms with van der Waals surface area (Å²) in [5, 5.41) is 17.2. The largest absolute Gasteiger partial charge is 0.573 e. The van der Waals surface area contributed by atoms with Crippen LogP contribution in [-0.4, -0.2) is 49.6 Å². The fourth-order valence-electron chi connectivity index (χ4n) is 4.99. The molecule has 2 aromatic heterocycles. The van der Waals surface area contributed by atoms with E-state index < -0.39 is 11.9 Å². The van der Waals surface area contributed by atoms with E-state index >= 15 is 0 Å². The second kappa shape index (κ2) is 8.07. The number of imidazole rings is 1. The minimum absolute atomic E-state index is 0.205. The summed E-state index contributed by atoms with van der Waals surface area (Å²) in [6.45, 7) is 4.38. The topological polar surface area (TPSA) is 107 Å². The van der Waals surface area contributed by atoms with Crippen molar-refractivity contribution in [3.63, 3.8) is 0 Å². The Kier molecular flexibility index (Phi) is 5.26. The predicted octanol–water partition coefficient (Wildman–Crippen LogP) is 4.77. The molecular formula is C23H23F3N8O. The summed E-state index contributed by atoms with van der Waals surface area (Å²) in [6.07, 6.45) is 2.30. The molecule has 35 heavy (non-hydrogen) atoms. The molecule has 1 saturated heterocycles. The van der Waals surface area contributed by atoms with Gasteiger partial charge < -0.3 is 9.64 Å². The fraction of sp³-hybridized carbons (Fsp3) is 0.348. The first-order chi connectivity index (χ1) is 16.6. The van der Waals surface area contributed by atoms with Crippen molar-refractivity contribution in [1.82, 2.24) is 19.5 Å². The van der Waals surface area contributed by atoms with Crippen LogP contribution < -0.4 is 14.5 Å². The molecule has 9 nitrogen and oxygen atoms in total. The first-order valence-corrected chi connectivity index (χ1v) is 11.1. The molecule has 0 amide bonds. The molecule has 1 atom stereocenters. The minimum Gasteiger partial charge on any atom is -0.406 e. The highest BCUT2D eigenvalue weighted by Crippen LogP contribution is 2.46. The molecule has 1 aromatic carbocycles. The van der Waals surface area contributed by atoms with Gasteiger partial charge in [-0.25, -0.2) is 9.97 Å². The zero-order valence-electron chi connectivity index (χ0n) is 19.1. The highest BCUT2D eigenvalue weighted by molar-refractivity contribution is 6.23. The van der Waals surface area contributed by atoms with Gasteiger partial charge in [0.05, 0.1) is 11.7 Å². The highest BCUT2D eigenvalue weighted by Gasteiger charge is 2.51. The summed E-state index contributed by atoms with van der Waals surface area (Å²) in [7, 11) is 0. The van der Waals surface area contributed by atoms with Crippen LogP contribution in [0, 0.1) is 10.8 Å². The Labute approximate surface area is 199 Å². The van der Waals surface area contributed by atoms with Crippen molar-refractivity contribution in [1.29, 1.82) is 10.8 Å². The van der Waals surface area contributed by atoms with E-state index in [9.17, 15) is 13.2 Å². The Morgan fingerprint density at radius 1 is 1.26 bits per heavy atom. The monoisotopic (exact) mass is 484 g/mol. The summed E-state index contributed by atoms with van der Waals surface area (Å²) in [5.41, 5.74) is 0.405. The lowest BCUT2D eigenvalue weighted by atomic mass is 9.88.